The number of nitrogens with zero attached hydrogens (tertiary/aromatic N) is 3. The molecule has 1 N–H and O–H groups in total. The smallest absolute Gasteiger partial charge is 0.177 e. The van der Waals surface area contributed by atoms with Crippen molar-refractivity contribution in [2.24, 2.45) is 0 Å². The Balaban J connectivity index is 2.43. The molecule has 2 rings (SSSR count). The third kappa shape index (κ3) is 1.35. The van der Waals surface area contributed by atoms with Crippen LogP contribution in [0.1, 0.15) is 0 Å². The van der Waals surface area contributed by atoms with Crippen LogP contribution in [-0.2, 0) is 0 Å². The Kier molecular flexibility index (Phi) is 1.87. The molecule has 0 aliphatic heterocycles. The topological polar surface area (TPSA) is 54.5 Å². The Bertz CT molecular complexity index is 353. The fraction of sp³-hybridized carbons (Fsp3) is 0. The SMILES string of the molecule is Brc1cnc(-c2ccn[nH]2)nc1. The van der Waals surface area contributed by atoms with E-state index in [1.165, 1.54) is 0 Å². The van der Waals surface area contributed by atoms with Crippen molar-refractivity contribution < 1.29 is 0 Å². The minimum Gasteiger partial charge on any atom is -0.275 e. The summed E-state index contributed by atoms with van der Waals surface area (Å²) >= 11 is 3.26. The van der Waals surface area contributed by atoms with Crippen LogP contribution in [0.15, 0.2) is 29.1 Å². The van der Waals surface area contributed by atoms with E-state index in [1.54, 1.807) is 18.6 Å². The molecule has 2 heterocycles. The zero-order valence-electron chi connectivity index (χ0n) is 6.03. The van der Waals surface area contributed by atoms with Crippen molar-refractivity contribution in [2.75, 3.05) is 0 Å². The molecule has 0 bridgehead atoms. The van der Waals surface area contributed by atoms with E-state index < -0.39 is 0 Å². The maximum atomic E-state index is 4.09. The van der Waals surface area contributed by atoms with Crippen molar-refractivity contribution in [3.8, 4) is 11.5 Å². The second-order valence-corrected chi connectivity index (χ2v) is 3.11. The maximum Gasteiger partial charge on any atom is 0.177 e. The number of hydrogen-bond donors (Lipinski definition) is 1. The maximum absolute atomic E-state index is 4.09. The number of halogens is 1. The predicted molar refractivity (Wildman–Crippen MR) is 47.3 cm³/mol. The van der Waals surface area contributed by atoms with Gasteiger partial charge in [0.15, 0.2) is 5.82 Å². The Morgan fingerprint density at radius 3 is 2.58 bits per heavy atom. The summed E-state index contributed by atoms with van der Waals surface area (Å²) in [5.74, 6) is 0.649. The number of H-pyrrole nitrogens is 1. The quantitative estimate of drug-likeness (QED) is 0.802. The summed E-state index contributed by atoms with van der Waals surface area (Å²) < 4.78 is 0.866. The number of nitrogens with one attached hydrogen (secondary N) is 1. The van der Waals surface area contributed by atoms with Crippen LogP contribution in [0.25, 0.3) is 11.5 Å². The number of rotatable bonds is 1. The monoisotopic (exact) mass is 224 g/mol. The van der Waals surface area contributed by atoms with Gasteiger partial charge in [-0.3, -0.25) is 5.10 Å². The van der Waals surface area contributed by atoms with Gasteiger partial charge in [0.2, 0.25) is 0 Å². The molecule has 0 saturated heterocycles. The molecule has 5 heteroatoms. The Morgan fingerprint density at radius 1 is 1.25 bits per heavy atom. The molecule has 0 aliphatic carbocycles. The van der Waals surface area contributed by atoms with Gasteiger partial charge >= 0.3 is 0 Å². The molecule has 0 aromatic carbocycles. The lowest BCUT2D eigenvalue weighted by Gasteiger charge is -1.93. The highest BCUT2D eigenvalue weighted by molar-refractivity contribution is 9.10. The average molecular weight is 225 g/mol. The van der Waals surface area contributed by atoms with Gasteiger partial charge in [-0.2, -0.15) is 5.10 Å². The summed E-state index contributed by atoms with van der Waals surface area (Å²) in [4.78, 5) is 8.18. The lowest BCUT2D eigenvalue weighted by Crippen LogP contribution is -1.87. The fourth-order valence-electron chi connectivity index (χ4n) is 0.832. The van der Waals surface area contributed by atoms with Crippen molar-refractivity contribution >= 4 is 15.9 Å². The van der Waals surface area contributed by atoms with Crippen molar-refractivity contribution in [3.05, 3.63) is 29.1 Å². The molecule has 0 spiro atoms. The first-order valence-corrected chi connectivity index (χ1v) is 4.13. The van der Waals surface area contributed by atoms with Crippen LogP contribution in [-0.4, -0.2) is 20.2 Å². The van der Waals surface area contributed by atoms with Gasteiger partial charge in [-0.25, -0.2) is 9.97 Å². The minimum absolute atomic E-state index is 0.649. The zero-order valence-corrected chi connectivity index (χ0v) is 7.62. The van der Waals surface area contributed by atoms with Crippen LogP contribution in [0.4, 0.5) is 0 Å². The second-order valence-electron chi connectivity index (χ2n) is 2.20. The molecule has 4 nitrogen and oxygen atoms in total. The molecule has 0 saturated carbocycles. The molecular weight excluding hydrogens is 220 g/mol. The Labute approximate surface area is 77.2 Å². The number of aromatic nitrogens is 4. The highest BCUT2D eigenvalue weighted by atomic mass is 79.9. The van der Waals surface area contributed by atoms with Gasteiger partial charge in [0.05, 0.1) is 4.47 Å². The highest BCUT2D eigenvalue weighted by Gasteiger charge is 1.99. The van der Waals surface area contributed by atoms with E-state index in [-0.39, 0.29) is 0 Å². The van der Waals surface area contributed by atoms with Crippen LogP contribution >= 0.6 is 15.9 Å². The number of aromatic amines is 1. The van der Waals surface area contributed by atoms with Gasteiger partial charge < -0.3 is 0 Å². The summed E-state index contributed by atoms with van der Waals surface area (Å²) in [6.45, 7) is 0. The molecule has 0 atom stereocenters. The molecule has 0 aliphatic rings. The molecule has 0 unspecified atom stereocenters. The van der Waals surface area contributed by atoms with E-state index >= 15 is 0 Å². The molecule has 60 valence electrons. The standard InChI is InChI=1S/C7H5BrN4/c8-5-3-9-7(10-4-5)6-1-2-11-12-6/h1-4H,(H,11,12). The molecular formula is C7H5BrN4. The third-order valence-corrected chi connectivity index (χ3v) is 1.77. The summed E-state index contributed by atoms with van der Waals surface area (Å²) in [6, 6.07) is 1.82. The van der Waals surface area contributed by atoms with Crippen LogP contribution in [0.2, 0.25) is 0 Å². The highest BCUT2D eigenvalue weighted by Crippen LogP contribution is 2.11. The van der Waals surface area contributed by atoms with Gasteiger partial charge in [-0.1, -0.05) is 0 Å². The largest absolute Gasteiger partial charge is 0.275 e. The van der Waals surface area contributed by atoms with E-state index in [1.807, 2.05) is 6.07 Å². The lowest BCUT2D eigenvalue weighted by atomic mass is 10.4. The average Bonchev–Trinajstić information content (AvgIpc) is 2.58. The summed E-state index contributed by atoms with van der Waals surface area (Å²) in [7, 11) is 0. The van der Waals surface area contributed by atoms with Crippen molar-refractivity contribution in [2.45, 2.75) is 0 Å². The van der Waals surface area contributed by atoms with Gasteiger partial charge in [0, 0.05) is 18.6 Å². The van der Waals surface area contributed by atoms with Crippen molar-refractivity contribution in [1.82, 2.24) is 20.2 Å². The minimum atomic E-state index is 0.649. The fourth-order valence-corrected chi connectivity index (χ4v) is 1.04. The van der Waals surface area contributed by atoms with E-state index in [0.717, 1.165) is 10.2 Å². The molecule has 12 heavy (non-hydrogen) atoms. The molecule has 0 fully saturated rings. The van der Waals surface area contributed by atoms with E-state index in [2.05, 4.69) is 36.1 Å². The van der Waals surface area contributed by atoms with Crippen LogP contribution in [0.5, 0.6) is 0 Å². The molecule has 0 amide bonds. The molecule has 2 aromatic rings. The van der Waals surface area contributed by atoms with Gasteiger partial charge in [-0.05, 0) is 22.0 Å². The van der Waals surface area contributed by atoms with Crippen molar-refractivity contribution in [3.63, 3.8) is 0 Å². The van der Waals surface area contributed by atoms with E-state index in [9.17, 15) is 0 Å². The Hall–Kier alpha value is -1.23. The number of hydrogen-bond acceptors (Lipinski definition) is 3. The van der Waals surface area contributed by atoms with E-state index in [4.69, 9.17) is 0 Å². The van der Waals surface area contributed by atoms with Crippen LogP contribution < -0.4 is 0 Å². The lowest BCUT2D eigenvalue weighted by molar-refractivity contribution is 1.06. The summed E-state index contributed by atoms with van der Waals surface area (Å²) in [5, 5.41) is 6.59. The van der Waals surface area contributed by atoms with Gasteiger partial charge in [-0.15, -0.1) is 0 Å². The first-order valence-electron chi connectivity index (χ1n) is 3.33. The first-order chi connectivity index (χ1) is 5.86. The summed E-state index contributed by atoms with van der Waals surface area (Å²) in [6.07, 6.45) is 5.06. The van der Waals surface area contributed by atoms with Crippen LogP contribution in [0, 0.1) is 0 Å². The normalized spacial score (nSPS) is 10.1. The molecule has 2 aromatic heterocycles. The van der Waals surface area contributed by atoms with Gasteiger partial charge in [0.25, 0.3) is 0 Å². The Morgan fingerprint density at radius 2 is 2.00 bits per heavy atom. The first kappa shape index (κ1) is 7.42. The summed E-state index contributed by atoms with van der Waals surface area (Å²) in [5.41, 5.74) is 0.822. The van der Waals surface area contributed by atoms with Gasteiger partial charge in [0.1, 0.15) is 5.69 Å². The molecule has 0 radical (unpaired) electrons. The zero-order chi connectivity index (χ0) is 8.39. The predicted octanol–water partition coefficient (Wildman–Crippen LogP) is 1.63. The third-order valence-electron chi connectivity index (χ3n) is 1.36. The second kappa shape index (κ2) is 3.02. The van der Waals surface area contributed by atoms with E-state index in [0.29, 0.717) is 5.82 Å². The van der Waals surface area contributed by atoms with Crippen LogP contribution in [0.3, 0.4) is 0 Å². The van der Waals surface area contributed by atoms with Crippen molar-refractivity contribution in [1.29, 1.82) is 0 Å².